The van der Waals surface area contributed by atoms with Crippen LogP contribution < -0.4 is 15.1 Å². The van der Waals surface area contributed by atoms with Crippen LogP contribution in [0.3, 0.4) is 0 Å². The predicted molar refractivity (Wildman–Crippen MR) is 105 cm³/mol. The summed E-state index contributed by atoms with van der Waals surface area (Å²) in [6.07, 6.45) is 2.26. The highest BCUT2D eigenvalue weighted by atomic mass is 32.1. The van der Waals surface area contributed by atoms with E-state index in [-0.39, 0.29) is 11.7 Å². The van der Waals surface area contributed by atoms with Gasteiger partial charge in [-0.25, -0.2) is 4.39 Å². The van der Waals surface area contributed by atoms with Crippen LogP contribution in [0.2, 0.25) is 0 Å². The summed E-state index contributed by atoms with van der Waals surface area (Å²) in [6.45, 7) is 5.18. The second-order valence-electron chi connectivity index (χ2n) is 7.85. The van der Waals surface area contributed by atoms with Gasteiger partial charge in [0.1, 0.15) is 32.0 Å². The third-order valence-electron chi connectivity index (χ3n) is 5.53. The van der Waals surface area contributed by atoms with Crippen molar-refractivity contribution in [2.75, 3.05) is 32.7 Å². The maximum atomic E-state index is 13.2. The van der Waals surface area contributed by atoms with E-state index in [0.717, 1.165) is 50.4 Å². The van der Waals surface area contributed by atoms with Crippen molar-refractivity contribution >= 4 is 18.1 Å². The van der Waals surface area contributed by atoms with Gasteiger partial charge in [-0.15, -0.1) is 5.10 Å². The van der Waals surface area contributed by atoms with Gasteiger partial charge in [0, 0.05) is 18.7 Å². The summed E-state index contributed by atoms with van der Waals surface area (Å²) in [4.78, 5) is 14.7. The Labute approximate surface area is 168 Å². The average molecular weight is 407 g/mol. The summed E-state index contributed by atoms with van der Waals surface area (Å²) in [6, 6.07) is 6.74. The molecule has 3 N–H and O–H groups in total. The van der Waals surface area contributed by atoms with Crippen LogP contribution in [0.15, 0.2) is 24.3 Å². The summed E-state index contributed by atoms with van der Waals surface area (Å²) in [5, 5.41) is 7.74. The van der Waals surface area contributed by atoms with Gasteiger partial charge in [0.2, 0.25) is 4.77 Å². The van der Waals surface area contributed by atoms with E-state index in [9.17, 15) is 9.18 Å². The van der Waals surface area contributed by atoms with Crippen LogP contribution in [0, 0.1) is 10.6 Å². The first-order valence-corrected chi connectivity index (χ1v) is 10.3. The zero-order valence-electron chi connectivity index (χ0n) is 16.1. The van der Waals surface area contributed by atoms with E-state index < -0.39 is 0 Å². The molecule has 2 heterocycles. The van der Waals surface area contributed by atoms with Gasteiger partial charge >= 0.3 is 0 Å². The number of nitrogens with one attached hydrogen (secondary N) is 3. The second-order valence-corrected chi connectivity index (χ2v) is 8.21. The molecule has 0 bridgehead atoms. The highest BCUT2D eigenvalue weighted by molar-refractivity contribution is 7.71. The van der Waals surface area contributed by atoms with Gasteiger partial charge in [-0.05, 0) is 49.3 Å². The van der Waals surface area contributed by atoms with Crippen LogP contribution >= 0.6 is 12.2 Å². The summed E-state index contributed by atoms with van der Waals surface area (Å²) in [5.74, 6) is 0.655. The number of nitrogens with zero attached hydrogens (tertiary/aromatic N) is 3. The Bertz CT molecular complexity index is 896. The van der Waals surface area contributed by atoms with Gasteiger partial charge < -0.3 is 19.7 Å². The molecule has 1 aliphatic carbocycles. The zero-order valence-corrected chi connectivity index (χ0v) is 16.9. The average Bonchev–Trinajstić information content (AvgIpc) is 3.45. The molecule has 2 aromatic rings. The largest absolute Gasteiger partial charge is 0.348 e. The number of piperazine rings is 1. The lowest BCUT2D eigenvalue weighted by Gasteiger charge is -2.29. The van der Waals surface area contributed by atoms with Gasteiger partial charge in [-0.3, -0.25) is 4.79 Å². The van der Waals surface area contributed by atoms with Crippen LogP contribution in [0.25, 0.3) is 11.4 Å². The highest BCUT2D eigenvalue weighted by Gasteiger charge is 2.28. The Morgan fingerprint density at radius 2 is 1.86 bits per heavy atom. The number of aromatic nitrogens is 3. The number of carbonyl (C=O) groups excluding carboxylic acids is 1. The Morgan fingerprint density at radius 3 is 2.50 bits per heavy atom. The van der Waals surface area contributed by atoms with Crippen molar-refractivity contribution in [2.24, 2.45) is 7.05 Å². The van der Waals surface area contributed by atoms with E-state index in [1.54, 1.807) is 12.1 Å². The third kappa shape index (κ3) is 4.48. The van der Waals surface area contributed by atoms with E-state index in [0.29, 0.717) is 24.0 Å². The van der Waals surface area contributed by atoms with Crippen molar-refractivity contribution in [1.29, 1.82) is 0 Å². The highest BCUT2D eigenvalue weighted by Crippen LogP contribution is 2.18. The minimum absolute atomic E-state index is 0.178. The SMILES string of the molecule is Cn1c(-c2ccc(F)cc2)nn(C[NH+]2CC[NH+](CC(=O)NC3CC3)CC2)c1=S. The van der Waals surface area contributed by atoms with Crippen LogP contribution in [0.1, 0.15) is 12.8 Å². The standard InChI is InChI=1S/C19H25FN6OS/c1-23-18(14-2-4-15(20)5-3-14)22-26(19(23)28)13-25-10-8-24(9-11-25)12-17(27)21-16-6-7-16/h2-5,16H,6-13H2,1H3,(H,21,27)/p+2. The molecule has 1 aromatic carbocycles. The summed E-state index contributed by atoms with van der Waals surface area (Å²) in [5.41, 5.74) is 0.847. The Morgan fingerprint density at radius 1 is 1.21 bits per heavy atom. The Balaban J connectivity index is 1.35. The Hall–Kier alpha value is -2.10. The van der Waals surface area contributed by atoms with Crippen molar-refractivity contribution in [3.05, 3.63) is 34.9 Å². The van der Waals surface area contributed by atoms with Crippen LogP contribution in [0.4, 0.5) is 4.39 Å². The molecule has 7 nitrogen and oxygen atoms in total. The van der Waals surface area contributed by atoms with Crippen molar-refractivity contribution in [3.8, 4) is 11.4 Å². The minimum Gasteiger partial charge on any atom is -0.348 e. The van der Waals surface area contributed by atoms with Gasteiger partial charge in [-0.1, -0.05) is 0 Å². The number of rotatable bonds is 6. The molecular formula is C19H27FN6OS+2. The van der Waals surface area contributed by atoms with Gasteiger partial charge in [0.05, 0.1) is 0 Å². The number of hydrogen-bond donors (Lipinski definition) is 3. The first kappa shape index (κ1) is 19.2. The number of hydrogen-bond acceptors (Lipinski definition) is 3. The monoisotopic (exact) mass is 406 g/mol. The van der Waals surface area contributed by atoms with Crippen LogP contribution in [-0.2, 0) is 18.5 Å². The maximum absolute atomic E-state index is 13.2. The third-order valence-corrected chi connectivity index (χ3v) is 6.02. The second kappa shape index (κ2) is 8.10. The predicted octanol–water partition coefficient (Wildman–Crippen LogP) is -1.22. The molecule has 2 aliphatic rings. The number of halogens is 1. The van der Waals surface area contributed by atoms with E-state index in [2.05, 4.69) is 10.4 Å². The van der Waals surface area contributed by atoms with E-state index >= 15 is 0 Å². The van der Waals surface area contributed by atoms with Crippen LogP contribution in [0.5, 0.6) is 0 Å². The minimum atomic E-state index is -0.264. The lowest BCUT2D eigenvalue weighted by molar-refractivity contribution is -1.02. The molecule has 0 radical (unpaired) electrons. The molecule has 1 aromatic heterocycles. The van der Waals surface area contributed by atoms with Gasteiger partial charge in [0.15, 0.2) is 19.0 Å². The topological polar surface area (TPSA) is 60.7 Å². The lowest BCUT2D eigenvalue weighted by atomic mass is 10.2. The van der Waals surface area contributed by atoms with E-state index in [1.807, 2.05) is 16.3 Å². The normalized spacial score (nSPS) is 22.2. The molecule has 150 valence electrons. The fourth-order valence-electron chi connectivity index (χ4n) is 3.68. The van der Waals surface area contributed by atoms with Gasteiger partial charge in [0.25, 0.3) is 5.91 Å². The fraction of sp³-hybridized carbons (Fsp3) is 0.526. The number of carbonyl (C=O) groups is 1. The van der Waals surface area contributed by atoms with Crippen molar-refractivity contribution < 1.29 is 19.0 Å². The van der Waals surface area contributed by atoms with Crippen LogP contribution in [-0.4, -0.2) is 59.0 Å². The fourth-order valence-corrected chi connectivity index (χ4v) is 3.87. The molecule has 0 spiro atoms. The molecule has 1 saturated carbocycles. The van der Waals surface area contributed by atoms with Crippen molar-refractivity contribution in [2.45, 2.75) is 25.6 Å². The van der Waals surface area contributed by atoms with Crippen molar-refractivity contribution in [3.63, 3.8) is 0 Å². The zero-order chi connectivity index (χ0) is 19.7. The molecular weight excluding hydrogens is 379 g/mol. The molecule has 1 amide bonds. The maximum Gasteiger partial charge on any atom is 0.275 e. The summed E-state index contributed by atoms with van der Waals surface area (Å²) < 4.78 is 17.6. The van der Waals surface area contributed by atoms with E-state index in [1.165, 1.54) is 21.9 Å². The molecule has 4 rings (SSSR count). The molecule has 28 heavy (non-hydrogen) atoms. The summed E-state index contributed by atoms with van der Waals surface area (Å²) in [7, 11) is 1.89. The first-order valence-electron chi connectivity index (χ1n) is 9.86. The number of amides is 1. The van der Waals surface area contributed by atoms with E-state index in [4.69, 9.17) is 12.2 Å². The van der Waals surface area contributed by atoms with Gasteiger partial charge in [-0.2, -0.15) is 4.68 Å². The smallest absolute Gasteiger partial charge is 0.275 e. The lowest BCUT2D eigenvalue weighted by Crippen LogP contribution is -3.28. The molecule has 0 atom stereocenters. The van der Waals surface area contributed by atoms with Crippen molar-refractivity contribution in [1.82, 2.24) is 19.7 Å². The molecule has 2 fully saturated rings. The quantitative estimate of drug-likeness (QED) is 0.527. The Kier molecular flexibility index (Phi) is 5.56. The summed E-state index contributed by atoms with van der Waals surface area (Å²) >= 11 is 5.55. The number of benzene rings is 1. The molecule has 9 heteroatoms. The number of quaternary nitrogens is 2. The molecule has 1 aliphatic heterocycles. The first-order chi connectivity index (χ1) is 13.5. The molecule has 0 unspecified atom stereocenters. The molecule has 1 saturated heterocycles.